The van der Waals surface area contributed by atoms with E-state index in [2.05, 4.69) is 168 Å². The Morgan fingerprint density at radius 1 is 0.423 bits per heavy atom. The Balaban J connectivity index is 1.33. The van der Waals surface area contributed by atoms with Crippen LogP contribution in [0.5, 0.6) is 0 Å². The van der Waals surface area contributed by atoms with Crippen molar-refractivity contribution in [2.45, 2.75) is 0 Å². The van der Waals surface area contributed by atoms with E-state index in [0.29, 0.717) is 0 Å². The van der Waals surface area contributed by atoms with Gasteiger partial charge in [-0.05, 0) is 61.3 Å². The molecule has 0 fully saturated rings. The van der Waals surface area contributed by atoms with Crippen LogP contribution in [0.3, 0.4) is 0 Å². The van der Waals surface area contributed by atoms with Crippen LogP contribution in [-0.4, -0.2) is 14.5 Å². The molecule has 240 valence electrons. The Kier molecular flexibility index (Phi) is 5.65. The van der Waals surface area contributed by atoms with E-state index in [1.54, 1.807) is 11.3 Å². The van der Waals surface area contributed by atoms with Gasteiger partial charge in [0.05, 0.1) is 11.0 Å². The summed E-state index contributed by atoms with van der Waals surface area (Å²) in [5, 5.41) is 16.0. The topological polar surface area (TPSA) is 30.7 Å². The van der Waals surface area contributed by atoms with E-state index in [1.165, 1.54) is 69.3 Å². The Morgan fingerprint density at radius 2 is 1.02 bits per heavy atom. The van der Waals surface area contributed by atoms with Crippen LogP contribution < -0.4 is 0 Å². The number of nitrogens with zero attached hydrogens (tertiary/aromatic N) is 3. The molecule has 0 atom stereocenters. The first-order valence-electron chi connectivity index (χ1n) is 17.7. The number of hydrogen-bond donors (Lipinski definition) is 0. The number of fused-ring (bicyclic) bond motifs is 16. The van der Waals surface area contributed by atoms with Crippen molar-refractivity contribution in [2.24, 2.45) is 0 Å². The summed E-state index contributed by atoms with van der Waals surface area (Å²) < 4.78 is 3.61. The Morgan fingerprint density at radius 3 is 1.83 bits per heavy atom. The maximum Gasteiger partial charge on any atom is 0.165 e. The van der Waals surface area contributed by atoms with Crippen LogP contribution in [0.1, 0.15) is 0 Å². The summed E-state index contributed by atoms with van der Waals surface area (Å²) in [6.07, 6.45) is 0. The first-order valence-corrected chi connectivity index (χ1v) is 18.5. The molecule has 0 unspecified atom stereocenters. The molecule has 0 spiro atoms. The zero-order valence-corrected chi connectivity index (χ0v) is 28.7. The van der Waals surface area contributed by atoms with Crippen LogP contribution >= 0.6 is 11.3 Å². The SMILES string of the molecule is c1ccc2cc(-c3nc4sc5ccccc5c4nc3-n3c4ccc5c6ccccc6c6ccccc6c5c4c4ccc5ccccc5c43)ccc2c1. The highest BCUT2D eigenvalue weighted by Crippen LogP contribution is 2.46. The molecule has 0 aliphatic carbocycles. The number of hydrogen-bond acceptors (Lipinski definition) is 3. The molecule has 12 rings (SSSR count). The third-order valence-corrected chi connectivity index (χ3v) is 12.0. The van der Waals surface area contributed by atoms with Gasteiger partial charge in [0.25, 0.3) is 0 Å². The first-order chi connectivity index (χ1) is 25.8. The van der Waals surface area contributed by atoms with Crippen molar-refractivity contribution >= 4 is 107 Å². The van der Waals surface area contributed by atoms with Gasteiger partial charge in [0.2, 0.25) is 0 Å². The molecule has 0 amide bonds. The quantitative estimate of drug-likeness (QED) is 0.171. The van der Waals surface area contributed by atoms with E-state index in [-0.39, 0.29) is 0 Å². The standard InChI is InChI=1S/C48H27N3S/c1-2-13-30-27-31(22-21-28(30)11-1)44-47(49-45-38-19-9-10-20-41(38)52-48(45)50-44)51-40-26-25-37-35-17-6-5-15-33(35)34-16-7-8-18-36(34)42(37)43(40)39-24-23-29-12-3-4-14-32(29)46(39)51/h1-27H. The molecule has 0 radical (unpaired) electrons. The normalized spacial score (nSPS) is 12.2. The molecule has 52 heavy (non-hydrogen) atoms. The van der Waals surface area contributed by atoms with Crippen LogP contribution in [0.15, 0.2) is 164 Å². The zero-order chi connectivity index (χ0) is 33.9. The average Bonchev–Trinajstić information content (AvgIpc) is 3.75. The summed E-state index contributed by atoms with van der Waals surface area (Å²) in [5.74, 6) is 0.840. The predicted molar refractivity (Wildman–Crippen MR) is 222 cm³/mol. The fourth-order valence-electron chi connectivity index (χ4n) is 8.68. The molecule has 12 aromatic rings. The molecular weight excluding hydrogens is 651 g/mol. The van der Waals surface area contributed by atoms with Crippen LogP contribution in [0.4, 0.5) is 0 Å². The van der Waals surface area contributed by atoms with Gasteiger partial charge < -0.3 is 0 Å². The zero-order valence-electron chi connectivity index (χ0n) is 27.8. The van der Waals surface area contributed by atoms with Gasteiger partial charge in [-0.15, -0.1) is 11.3 Å². The lowest BCUT2D eigenvalue weighted by atomic mass is 9.91. The Bertz CT molecular complexity index is 3440. The lowest BCUT2D eigenvalue weighted by Gasteiger charge is -2.15. The van der Waals surface area contributed by atoms with Crippen molar-refractivity contribution in [2.75, 3.05) is 0 Å². The molecule has 0 aliphatic heterocycles. The highest BCUT2D eigenvalue weighted by molar-refractivity contribution is 7.25. The molecule has 0 saturated carbocycles. The van der Waals surface area contributed by atoms with Crippen molar-refractivity contribution in [3.8, 4) is 17.1 Å². The van der Waals surface area contributed by atoms with Crippen molar-refractivity contribution in [3.05, 3.63) is 164 Å². The fraction of sp³-hybridized carbons (Fsp3) is 0. The first kappa shape index (κ1) is 28.1. The van der Waals surface area contributed by atoms with E-state index in [4.69, 9.17) is 9.97 Å². The summed E-state index contributed by atoms with van der Waals surface area (Å²) in [6.45, 7) is 0. The largest absolute Gasteiger partial charge is 0.291 e. The van der Waals surface area contributed by atoms with Crippen molar-refractivity contribution in [3.63, 3.8) is 0 Å². The molecule has 0 aliphatic rings. The van der Waals surface area contributed by atoms with Crippen molar-refractivity contribution in [1.82, 2.24) is 14.5 Å². The number of aromatic nitrogens is 3. The second-order valence-electron chi connectivity index (χ2n) is 13.7. The Hall–Kier alpha value is -6.62. The molecule has 4 heteroatoms. The van der Waals surface area contributed by atoms with E-state index in [1.807, 2.05) is 0 Å². The van der Waals surface area contributed by atoms with Gasteiger partial charge >= 0.3 is 0 Å². The van der Waals surface area contributed by atoms with E-state index < -0.39 is 0 Å². The molecule has 3 aromatic heterocycles. The number of rotatable bonds is 2. The number of thiophene rings is 1. The van der Waals surface area contributed by atoms with Crippen LogP contribution in [-0.2, 0) is 0 Å². The monoisotopic (exact) mass is 677 g/mol. The molecule has 0 saturated heterocycles. The Labute approximate surface area is 301 Å². The second-order valence-corrected chi connectivity index (χ2v) is 14.7. The molecule has 0 bridgehead atoms. The highest BCUT2D eigenvalue weighted by atomic mass is 32.1. The van der Waals surface area contributed by atoms with Crippen molar-refractivity contribution in [1.29, 1.82) is 0 Å². The summed E-state index contributed by atoms with van der Waals surface area (Å²) in [4.78, 5) is 12.1. The minimum Gasteiger partial charge on any atom is -0.291 e. The van der Waals surface area contributed by atoms with E-state index >= 15 is 0 Å². The molecule has 0 N–H and O–H groups in total. The van der Waals surface area contributed by atoms with Gasteiger partial charge in [-0.25, -0.2) is 9.97 Å². The van der Waals surface area contributed by atoms with Crippen LogP contribution in [0.25, 0.3) is 113 Å². The highest BCUT2D eigenvalue weighted by Gasteiger charge is 2.24. The molecule has 3 nitrogen and oxygen atoms in total. The van der Waals surface area contributed by atoms with Gasteiger partial charge in [-0.1, -0.05) is 146 Å². The third kappa shape index (κ3) is 3.79. The number of benzene rings is 9. The maximum absolute atomic E-state index is 5.67. The minimum absolute atomic E-state index is 0.840. The van der Waals surface area contributed by atoms with Gasteiger partial charge in [0, 0.05) is 37.2 Å². The maximum atomic E-state index is 5.67. The summed E-state index contributed by atoms with van der Waals surface area (Å²) >= 11 is 1.71. The van der Waals surface area contributed by atoms with Gasteiger partial charge in [-0.2, -0.15) is 0 Å². The summed E-state index contributed by atoms with van der Waals surface area (Å²) in [6, 6.07) is 59.4. The minimum atomic E-state index is 0.840. The summed E-state index contributed by atoms with van der Waals surface area (Å²) in [7, 11) is 0. The van der Waals surface area contributed by atoms with Crippen molar-refractivity contribution < 1.29 is 0 Å². The molecule has 9 aromatic carbocycles. The van der Waals surface area contributed by atoms with E-state index in [9.17, 15) is 0 Å². The summed E-state index contributed by atoms with van der Waals surface area (Å²) in [5.41, 5.74) is 5.13. The smallest absolute Gasteiger partial charge is 0.165 e. The van der Waals surface area contributed by atoms with E-state index in [0.717, 1.165) is 43.8 Å². The fourth-order valence-corrected chi connectivity index (χ4v) is 9.70. The van der Waals surface area contributed by atoms with Crippen LogP contribution in [0, 0.1) is 0 Å². The average molecular weight is 678 g/mol. The molecule has 3 heterocycles. The lowest BCUT2D eigenvalue weighted by Crippen LogP contribution is -2.03. The third-order valence-electron chi connectivity index (χ3n) is 11.0. The van der Waals surface area contributed by atoms with Gasteiger partial charge in [0.15, 0.2) is 5.82 Å². The lowest BCUT2D eigenvalue weighted by molar-refractivity contribution is 1.09. The van der Waals surface area contributed by atoms with Crippen LogP contribution in [0.2, 0.25) is 0 Å². The van der Waals surface area contributed by atoms with Gasteiger partial charge in [-0.3, -0.25) is 4.57 Å². The molecular formula is C48H27N3S. The predicted octanol–water partition coefficient (Wildman–Crippen LogP) is 13.4. The van der Waals surface area contributed by atoms with Gasteiger partial charge in [0.1, 0.15) is 16.0 Å². The second kappa shape index (κ2) is 10.5.